The highest BCUT2D eigenvalue weighted by Crippen LogP contribution is 2.23. The van der Waals surface area contributed by atoms with E-state index in [1.165, 1.54) is 0 Å². The number of amides is 1. The van der Waals surface area contributed by atoms with Crippen molar-refractivity contribution in [1.82, 2.24) is 9.97 Å². The third-order valence-corrected chi connectivity index (χ3v) is 3.58. The first-order valence-corrected chi connectivity index (χ1v) is 6.57. The average Bonchev–Trinajstić information content (AvgIpc) is 2.39. The largest absolute Gasteiger partial charge is 0.383 e. The summed E-state index contributed by atoms with van der Waals surface area (Å²) in [6, 6.07) is 0. The van der Waals surface area contributed by atoms with Crippen LogP contribution in [0.1, 0.15) is 12.8 Å². The maximum Gasteiger partial charge on any atom is 0.246 e. The van der Waals surface area contributed by atoms with Gasteiger partial charge in [0.1, 0.15) is 6.10 Å². The van der Waals surface area contributed by atoms with Crippen LogP contribution in [0, 0.1) is 5.92 Å². The zero-order valence-electron chi connectivity index (χ0n) is 9.79. The molecule has 1 saturated heterocycles. The Morgan fingerprint density at radius 3 is 2.50 bits per heavy atom. The Balaban J connectivity index is 1.94. The number of carbonyl (C=O) groups excluding carboxylic acids is 1. The van der Waals surface area contributed by atoms with E-state index in [4.69, 9.17) is 5.73 Å². The molecule has 1 atom stereocenters. The zero-order chi connectivity index (χ0) is 13.1. The van der Waals surface area contributed by atoms with Crippen LogP contribution in [-0.4, -0.2) is 40.2 Å². The Labute approximate surface area is 113 Å². The fourth-order valence-electron chi connectivity index (χ4n) is 2.12. The summed E-state index contributed by atoms with van der Waals surface area (Å²) in [6.07, 6.45) is 3.78. The van der Waals surface area contributed by atoms with E-state index in [1.54, 1.807) is 12.4 Å². The lowest BCUT2D eigenvalue weighted by Gasteiger charge is -2.33. The summed E-state index contributed by atoms with van der Waals surface area (Å²) in [5, 5.41) is 9.61. The highest BCUT2D eigenvalue weighted by atomic mass is 79.9. The van der Waals surface area contributed by atoms with Crippen LogP contribution in [0.2, 0.25) is 0 Å². The van der Waals surface area contributed by atoms with Gasteiger partial charge in [-0.15, -0.1) is 0 Å². The molecule has 3 N–H and O–H groups in total. The number of aliphatic hydroxyl groups excluding tert-OH is 1. The predicted octanol–water partition coefficient (Wildman–Crippen LogP) is 0.302. The number of aromatic nitrogens is 2. The summed E-state index contributed by atoms with van der Waals surface area (Å²) in [4.78, 5) is 21.4. The molecule has 18 heavy (non-hydrogen) atoms. The summed E-state index contributed by atoms with van der Waals surface area (Å²) < 4.78 is 0.838. The van der Waals surface area contributed by atoms with Gasteiger partial charge in [-0.2, -0.15) is 0 Å². The molecule has 0 spiro atoms. The van der Waals surface area contributed by atoms with E-state index in [9.17, 15) is 9.90 Å². The van der Waals surface area contributed by atoms with Gasteiger partial charge in [0.2, 0.25) is 11.9 Å². The van der Waals surface area contributed by atoms with Crippen LogP contribution >= 0.6 is 15.9 Å². The lowest BCUT2D eigenvalue weighted by Crippen LogP contribution is -2.43. The molecule has 6 nitrogen and oxygen atoms in total. The molecule has 1 aromatic heterocycles. The Morgan fingerprint density at radius 2 is 2.00 bits per heavy atom. The molecule has 1 amide bonds. The van der Waals surface area contributed by atoms with E-state index in [0.717, 1.165) is 17.6 Å². The molecule has 0 radical (unpaired) electrons. The second-order valence-corrected chi connectivity index (χ2v) is 5.29. The number of hydrogen-bond acceptors (Lipinski definition) is 5. The first kappa shape index (κ1) is 13.2. The Bertz CT molecular complexity index is 418. The summed E-state index contributed by atoms with van der Waals surface area (Å²) >= 11 is 3.29. The van der Waals surface area contributed by atoms with Crippen LogP contribution < -0.4 is 10.6 Å². The topological polar surface area (TPSA) is 92.3 Å². The van der Waals surface area contributed by atoms with Crippen molar-refractivity contribution in [2.75, 3.05) is 18.0 Å². The molecule has 0 aliphatic carbocycles. The first-order chi connectivity index (χ1) is 8.58. The van der Waals surface area contributed by atoms with E-state index < -0.39 is 12.0 Å². The van der Waals surface area contributed by atoms with E-state index in [-0.39, 0.29) is 5.92 Å². The molecular weight excluding hydrogens is 300 g/mol. The summed E-state index contributed by atoms with van der Waals surface area (Å²) in [5.74, 6) is -0.0345. The van der Waals surface area contributed by atoms with Crippen LogP contribution in [-0.2, 0) is 4.79 Å². The molecule has 2 rings (SSSR count). The number of rotatable bonds is 3. The Kier molecular flexibility index (Phi) is 4.13. The number of carbonyl (C=O) groups is 1. The van der Waals surface area contributed by atoms with E-state index in [0.29, 0.717) is 18.8 Å². The van der Waals surface area contributed by atoms with E-state index in [2.05, 4.69) is 25.9 Å². The molecule has 7 heteroatoms. The third kappa shape index (κ3) is 2.97. The molecule has 1 fully saturated rings. The maximum absolute atomic E-state index is 10.9. The maximum atomic E-state index is 10.9. The molecule has 1 aromatic rings. The molecule has 0 aromatic carbocycles. The second-order valence-electron chi connectivity index (χ2n) is 4.37. The Morgan fingerprint density at radius 1 is 1.44 bits per heavy atom. The summed E-state index contributed by atoms with van der Waals surface area (Å²) in [6.45, 7) is 1.44. The van der Waals surface area contributed by atoms with Crippen molar-refractivity contribution in [3.8, 4) is 0 Å². The van der Waals surface area contributed by atoms with Gasteiger partial charge in [-0.1, -0.05) is 0 Å². The zero-order valence-corrected chi connectivity index (χ0v) is 11.4. The lowest BCUT2D eigenvalue weighted by molar-refractivity contribution is -0.129. The van der Waals surface area contributed by atoms with Crippen molar-refractivity contribution < 1.29 is 9.90 Å². The number of nitrogens with zero attached hydrogens (tertiary/aromatic N) is 3. The fourth-order valence-corrected chi connectivity index (χ4v) is 2.32. The third-order valence-electron chi connectivity index (χ3n) is 3.17. The van der Waals surface area contributed by atoms with Gasteiger partial charge in [0.25, 0.3) is 0 Å². The van der Waals surface area contributed by atoms with Crippen LogP contribution in [0.3, 0.4) is 0 Å². The molecule has 0 unspecified atom stereocenters. The van der Waals surface area contributed by atoms with Crippen molar-refractivity contribution in [3.05, 3.63) is 16.9 Å². The van der Waals surface area contributed by atoms with Gasteiger partial charge < -0.3 is 15.7 Å². The predicted molar refractivity (Wildman–Crippen MR) is 69.9 cm³/mol. The number of anilines is 1. The van der Waals surface area contributed by atoms with Gasteiger partial charge in [0.05, 0.1) is 4.47 Å². The van der Waals surface area contributed by atoms with Crippen molar-refractivity contribution in [2.24, 2.45) is 11.7 Å². The number of primary amides is 1. The molecule has 1 aliphatic heterocycles. The van der Waals surface area contributed by atoms with Crippen molar-refractivity contribution >= 4 is 27.8 Å². The van der Waals surface area contributed by atoms with Gasteiger partial charge in [-0.3, -0.25) is 4.79 Å². The highest BCUT2D eigenvalue weighted by molar-refractivity contribution is 9.10. The number of hydrogen-bond donors (Lipinski definition) is 2. The first-order valence-electron chi connectivity index (χ1n) is 5.78. The fraction of sp³-hybridized carbons (Fsp3) is 0.545. The van der Waals surface area contributed by atoms with Crippen LogP contribution in [0.15, 0.2) is 16.9 Å². The SMILES string of the molecule is NC(=O)[C@H](O)C1CCN(c2ncc(Br)cn2)CC1. The molecular formula is C11H15BrN4O2. The minimum absolute atomic E-state index is 0.0609. The summed E-state index contributed by atoms with van der Waals surface area (Å²) in [7, 11) is 0. The van der Waals surface area contributed by atoms with Crippen LogP contribution in [0.5, 0.6) is 0 Å². The number of piperidine rings is 1. The Hall–Kier alpha value is -1.21. The van der Waals surface area contributed by atoms with Gasteiger partial charge in [-0.05, 0) is 34.7 Å². The minimum Gasteiger partial charge on any atom is -0.383 e. The van der Waals surface area contributed by atoms with Crippen molar-refractivity contribution in [1.29, 1.82) is 0 Å². The van der Waals surface area contributed by atoms with E-state index >= 15 is 0 Å². The van der Waals surface area contributed by atoms with Gasteiger partial charge in [-0.25, -0.2) is 9.97 Å². The van der Waals surface area contributed by atoms with Crippen LogP contribution in [0.4, 0.5) is 5.95 Å². The molecule has 0 bridgehead atoms. The molecule has 1 aliphatic rings. The smallest absolute Gasteiger partial charge is 0.246 e. The number of halogens is 1. The second kappa shape index (κ2) is 5.62. The lowest BCUT2D eigenvalue weighted by atomic mass is 9.91. The molecule has 0 saturated carbocycles. The van der Waals surface area contributed by atoms with Gasteiger partial charge >= 0.3 is 0 Å². The van der Waals surface area contributed by atoms with Crippen molar-refractivity contribution in [2.45, 2.75) is 18.9 Å². The standard InChI is InChI=1S/C11H15BrN4O2/c12-8-5-14-11(15-6-8)16-3-1-7(2-4-16)9(17)10(13)18/h5-7,9,17H,1-4H2,(H2,13,18)/t9-/m1/s1. The minimum atomic E-state index is -1.04. The average molecular weight is 315 g/mol. The van der Waals surface area contributed by atoms with E-state index in [1.807, 2.05) is 4.90 Å². The molecule has 2 heterocycles. The number of nitrogens with two attached hydrogens (primary N) is 1. The summed E-state index contributed by atoms with van der Waals surface area (Å²) in [5.41, 5.74) is 5.10. The number of aliphatic hydroxyl groups is 1. The van der Waals surface area contributed by atoms with Crippen LogP contribution in [0.25, 0.3) is 0 Å². The monoisotopic (exact) mass is 314 g/mol. The highest BCUT2D eigenvalue weighted by Gasteiger charge is 2.29. The van der Waals surface area contributed by atoms with Gasteiger partial charge in [0.15, 0.2) is 0 Å². The normalized spacial score (nSPS) is 18.7. The quantitative estimate of drug-likeness (QED) is 0.837. The van der Waals surface area contributed by atoms with Gasteiger partial charge in [0, 0.05) is 25.5 Å². The van der Waals surface area contributed by atoms with Crippen molar-refractivity contribution in [3.63, 3.8) is 0 Å². The molecule has 98 valence electrons.